The van der Waals surface area contributed by atoms with Crippen LogP contribution in [0.1, 0.15) is 20.3 Å². The first-order valence-electron chi connectivity index (χ1n) is 5.69. The molecule has 2 unspecified atom stereocenters. The highest BCUT2D eigenvalue weighted by Gasteiger charge is 2.44. The van der Waals surface area contributed by atoms with Gasteiger partial charge in [-0.3, -0.25) is 4.90 Å². The van der Waals surface area contributed by atoms with Crippen LogP contribution in [0.2, 0.25) is 0 Å². The minimum atomic E-state index is 0.369. The molecular weight excluding hydrogens is 192 g/mol. The van der Waals surface area contributed by atoms with Gasteiger partial charge in [0, 0.05) is 31.1 Å². The predicted molar refractivity (Wildman–Crippen MR) is 63.6 cm³/mol. The number of piperidine rings is 1. The maximum absolute atomic E-state index is 5.94. The summed E-state index contributed by atoms with van der Waals surface area (Å²) in [6.45, 7) is 8.13. The lowest BCUT2D eigenvalue weighted by molar-refractivity contribution is 0.0502. The first-order valence-corrected chi connectivity index (χ1v) is 6.84. The standard InChI is InChI=1S/C11H22N2S/c1-9-3-10(2)5-13(4-9)11(6-12)7-14-8-11/h9-10H,3-8,12H2,1-2H3. The van der Waals surface area contributed by atoms with E-state index in [0.29, 0.717) is 5.54 Å². The molecule has 0 bridgehead atoms. The summed E-state index contributed by atoms with van der Waals surface area (Å²) in [6.07, 6.45) is 1.39. The molecule has 2 aliphatic heterocycles. The van der Waals surface area contributed by atoms with Gasteiger partial charge in [-0.2, -0.15) is 11.8 Å². The fourth-order valence-electron chi connectivity index (χ4n) is 2.82. The molecule has 0 aliphatic carbocycles. The van der Waals surface area contributed by atoms with Crippen LogP contribution in [0.5, 0.6) is 0 Å². The molecule has 0 aromatic carbocycles. The van der Waals surface area contributed by atoms with Crippen LogP contribution in [0.15, 0.2) is 0 Å². The van der Waals surface area contributed by atoms with E-state index in [2.05, 4.69) is 18.7 Å². The largest absolute Gasteiger partial charge is 0.329 e. The van der Waals surface area contributed by atoms with Crippen molar-refractivity contribution in [1.82, 2.24) is 4.90 Å². The van der Waals surface area contributed by atoms with E-state index >= 15 is 0 Å². The lowest BCUT2D eigenvalue weighted by atomic mass is 9.87. The van der Waals surface area contributed by atoms with Gasteiger partial charge in [-0.05, 0) is 18.3 Å². The quantitative estimate of drug-likeness (QED) is 0.753. The first-order chi connectivity index (χ1) is 6.66. The summed E-state index contributed by atoms with van der Waals surface area (Å²) in [5.41, 5.74) is 6.30. The highest BCUT2D eigenvalue weighted by molar-refractivity contribution is 8.00. The second-order valence-corrected chi connectivity index (χ2v) is 6.26. The Bertz CT molecular complexity index is 188. The maximum Gasteiger partial charge on any atom is 0.0512 e. The fourth-order valence-corrected chi connectivity index (χ4v) is 4.09. The van der Waals surface area contributed by atoms with Crippen molar-refractivity contribution < 1.29 is 0 Å². The number of thioether (sulfide) groups is 1. The van der Waals surface area contributed by atoms with Crippen molar-refractivity contribution in [2.75, 3.05) is 31.1 Å². The van der Waals surface area contributed by atoms with Gasteiger partial charge in [0.2, 0.25) is 0 Å². The van der Waals surface area contributed by atoms with Crippen LogP contribution in [-0.4, -0.2) is 41.6 Å². The molecule has 0 spiro atoms. The third-order valence-electron chi connectivity index (χ3n) is 3.66. The molecule has 2 nitrogen and oxygen atoms in total. The lowest BCUT2D eigenvalue weighted by Crippen LogP contribution is -2.65. The average molecular weight is 214 g/mol. The molecule has 2 aliphatic rings. The number of rotatable bonds is 2. The highest BCUT2D eigenvalue weighted by atomic mass is 32.2. The minimum Gasteiger partial charge on any atom is -0.329 e. The Hall–Kier alpha value is 0.270. The molecule has 2 saturated heterocycles. The van der Waals surface area contributed by atoms with Crippen LogP contribution in [0.25, 0.3) is 0 Å². The lowest BCUT2D eigenvalue weighted by Gasteiger charge is -2.53. The Kier molecular flexibility index (Phi) is 3.10. The Morgan fingerprint density at radius 1 is 1.29 bits per heavy atom. The van der Waals surface area contributed by atoms with Gasteiger partial charge >= 0.3 is 0 Å². The van der Waals surface area contributed by atoms with Crippen LogP contribution in [0, 0.1) is 11.8 Å². The van der Waals surface area contributed by atoms with Gasteiger partial charge in [-0.25, -0.2) is 0 Å². The molecule has 0 amide bonds. The summed E-state index contributed by atoms with van der Waals surface area (Å²) < 4.78 is 0. The third kappa shape index (κ3) is 1.82. The fraction of sp³-hybridized carbons (Fsp3) is 1.00. The number of nitrogens with two attached hydrogens (primary N) is 1. The van der Waals surface area contributed by atoms with Crippen molar-refractivity contribution >= 4 is 11.8 Å². The highest BCUT2D eigenvalue weighted by Crippen LogP contribution is 2.37. The number of hydrogen-bond acceptors (Lipinski definition) is 3. The molecular formula is C11H22N2S. The normalized spacial score (nSPS) is 37.9. The van der Waals surface area contributed by atoms with Crippen molar-refractivity contribution in [3.8, 4) is 0 Å². The zero-order valence-electron chi connectivity index (χ0n) is 9.33. The SMILES string of the molecule is CC1CC(C)CN(C2(CN)CSC2)C1. The maximum atomic E-state index is 5.94. The summed E-state index contributed by atoms with van der Waals surface area (Å²) in [6, 6.07) is 0. The Labute approximate surface area is 91.6 Å². The molecule has 2 atom stereocenters. The monoisotopic (exact) mass is 214 g/mol. The molecule has 14 heavy (non-hydrogen) atoms. The third-order valence-corrected chi connectivity index (χ3v) is 5.14. The summed E-state index contributed by atoms with van der Waals surface area (Å²) in [4.78, 5) is 2.67. The van der Waals surface area contributed by atoms with Crippen LogP contribution in [-0.2, 0) is 0 Å². The van der Waals surface area contributed by atoms with E-state index in [9.17, 15) is 0 Å². The van der Waals surface area contributed by atoms with E-state index in [0.717, 1.165) is 18.4 Å². The molecule has 0 radical (unpaired) electrons. The topological polar surface area (TPSA) is 29.3 Å². The zero-order valence-corrected chi connectivity index (χ0v) is 10.1. The molecule has 82 valence electrons. The van der Waals surface area contributed by atoms with Gasteiger partial charge in [-0.1, -0.05) is 13.8 Å². The van der Waals surface area contributed by atoms with Crippen LogP contribution in [0.3, 0.4) is 0 Å². The number of hydrogen-bond donors (Lipinski definition) is 1. The number of likely N-dealkylation sites (tertiary alicyclic amines) is 1. The van der Waals surface area contributed by atoms with Gasteiger partial charge in [0.1, 0.15) is 0 Å². The van der Waals surface area contributed by atoms with Crippen LogP contribution < -0.4 is 5.73 Å². The molecule has 3 heteroatoms. The second-order valence-electron chi connectivity index (χ2n) is 5.27. The molecule has 2 rings (SSSR count). The summed E-state index contributed by atoms with van der Waals surface area (Å²) in [5.74, 6) is 4.21. The van der Waals surface area contributed by atoms with Crippen molar-refractivity contribution in [2.24, 2.45) is 17.6 Å². The van der Waals surface area contributed by atoms with E-state index in [1.807, 2.05) is 11.8 Å². The van der Waals surface area contributed by atoms with E-state index in [4.69, 9.17) is 5.73 Å². The van der Waals surface area contributed by atoms with Gasteiger partial charge < -0.3 is 5.73 Å². The average Bonchev–Trinajstić information content (AvgIpc) is 2.01. The molecule has 0 aromatic heterocycles. The summed E-state index contributed by atoms with van der Waals surface area (Å²) >= 11 is 2.04. The zero-order chi connectivity index (χ0) is 10.2. The predicted octanol–water partition coefficient (Wildman–Crippen LogP) is 1.41. The van der Waals surface area contributed by atoms with Crippen molar-refractivity contribution in [3.05, 3.63) is 0 Å². The second kappa shape index (κ2) is 4.03. The molecule has 2 heterocycles. The van der Waals surface area contributed by atoms with Gasteiger partial charge in [0.15, 0.2) is 0 Å². The van der Waals surface area contributed by atoms with Gasteiger partial charge in [0.05, 0.1) is 5.54 Å². The van der Waals surface area contributed by atoms with E-state index < -0.39 is 0 Å². The first kappa shape index (κ1) is 10.8. The Morgan fingerprint density at radius 3 is 2.21 bits per heavy atom. The Balaban J connectivity index is 2.02. The summed E-state index contributed by atoms with van der Waals surface area (Å²) in [7, 11) is 0. The smallest absolute Gasteiger partial charge is 0.0512 e. The summed E-state index contributed by atoms with van der Waals surface area (Å²) in [5, 5.41) is 0. The molecule has 0 aromatic rings. The van der Waals surface area contributed by atoms with Crippen molar-refractivity contribution in [1.29, 1.82) is 0 Å². The van der Waals surface area contributed by atoms with Gasteiger partial charge in [-0.15, -0.1) is 0 Å². The minimum absolute atomic E-state index is 0.369. The van der Waals surface area contributed by atoms with Crippen LogP contribution >= 0.6 is 11.8 Å². The Morgan fingerprint density at radius 2 is 1.86 bits per heavy atom. The van der Waals surface area contributed by atoms with Gasteiger partial charge in [0.25, 0.3) is 0 Å². The van der Waals surface area contributed by atoms with E-state index in [1.54, 1.807) is 0 Å². The number of nitrogens with zero attached hydrogens (tertiary/aromatic N) is 1. The van der Waals surface area contributed by atoms with Crippen molar-refractivity contribution in [2.45, 2.75) is 25.8 Å². The van der Waals surface area contributed by atoms with E-state index in [1.165, 1.54) is 31.0 Å². The van der Waals surface area contributed by atoms with E-state index in [-0.39, 0.29) is 0 Å². The van der Waals surface area contributed by atoms with Crippen LogP contribution in [0.4, 0.5) is 0 Å². The molecule has 2 fully saturated rings. The molecule has 2 N–H and O–H groups in total. The van der Waals surface area contributed by atoms with Crippen molar-refractivity contribution in [3.63, 3.8) is 0 Å². The molecule has 0 saturated carbocycles.